The van der Waals surface area contributed by atoms with Crippen LogP contribution in [-0.2, 0) is 6.42 Å². The van der Waals surface area contributed by atoms with Crippen molar-refractivity contribution in [2.45, 2.75) is 18.9 Å². The van der Waals surface area contributed by atoms with Crippen molar-refractivity contribution < 1.29 is 24.1 Å². The first-order valence-electron chi connectivity index (χ1n) is 5.31. The van der Waals surface area contributed by atoms with Crippen molar-refractivity contribution in [1.29, 1.82) is 0 Å². The molecule has 1 aromatic carbocycles. The lowest BCUT2D eigenvalue weighted by Crippen LogP contribution is -2.13. The van der Waals surface area contributed by atoms with Crippen molar-refractivity contribution in [3.8, 4) is 11.5 Å². The lowest BCUT2D eigenvalue weighted by Gasteiger charge is -2.12. The van der Waals surface area contributed by atoms with Crippen molar-refractivity contribution in [2.24, 2.45) is 0 Å². The highest BCUT2D eigenvalue weighted by molar-refractivity contribution is 5.43. The van der Waals surface area contributed by atoms with Gasteiger partial charge in [0.05, 0.1) is 26.9 Å². The monoisotopic (exact) mass is 244 g/mol. The molecule has 2 N–H and O–H groups in total. The van der Waals surface area contributed by atoms with Gasteiger partial charge in [0.25, 0.3) is 0 Å². The Kier molecular flexibility index (Phi) is 5.18. The molecule has 96 valence electrons. The molecule has 0 radical (unpaired) electrons. The van der Waals surface area contributed by atoms with Crippen LogP contribution >= 0.6 is 0 Å². The fourth-order valence-electron chi connectivity index (χ4n) is 1.50. The van der Waals surface area contributed by atoms with E-state index in [-0.39, 0.29) is 6.61 Å². The van der Waals surface area contributed by atoms with Crippen LogP contribution in [0.5, 0.6) is 11.5 Å². The summed E-state index contributed by atoms with van der Waals surface area (Å²) >= 11 is 0. The normalized spacial score (nSPS) is 12.3. The highest BCUT2D eigenvalue weighted by atomic mass is 19.1. The summed E-state index contributed by atoms with van der Waals surface area (Å²) < 4.78 is 23.7. The minimum Gasteiger partial charge on any atom is -0.493 e. The lowest BCUT2D eigenvalue weighted by atomic mass is 10.1. The Bertz CT molecular complexity index is 368. The molecule has 17 heavy (non-hydrogen) atoms. The number of hydrogen-bond donors (Lipinski definition) is 2. The van der Waals surface area contributed by atoms with Gasteiger partial charge in [-0.1, -0.05) is 0 Å². The Balaban J connectivity index is 2.85. The fourth-order valence-corrected chi connectivity index (χ4v) is 1.50. The zero-order chi connectivity index (χ0) is 12.8. The maximum Gasteiger partial charge on any atom is 0.163 e. The zero-order valence-electron chi connectivity index (χ0n) is 9.94. The zero-order valence-corrected chi connectivity index (χ0v) is 9.94. The molecule has 0 saturated carbocycles. The molecule has 0 aromatic heterocycles. The van der Waals surface area contributed by atoms with Crippen LogP contribution in [0.4, 0.5) is 4.39 Å². The molecular weight excluding hydrogens is 227 g/mol. The first kappa shape index (κ1) is 13.7. The molecule has 0 bridgehead atoms. The third kappa shape index (κ3) is 3.57. The second-order valence-electron chi connectivity index (χ2n) is 3.67. The second-order valence-corrected chi connectivity index (χ2v) is 3.67. The van der Waals surface area contributed by atoms with Gasteiger partial charge in [-0.3, -0.25) is 0 Å². The summed E-state index contributed by atoms with van der Waals surface area (Å²) in [6.45, 7) is -0.324. The molecule has 0 amide bonds. The molecule has 1 atom stereocenters. The molecule has 0 aliphatic rings. The number of hydrogen-bond acceptors (Lipinski definition) is 4. The van der Waals surface area contributed by atoms with Crippen LogP contribution in [0.2, 0.25) is 0 Å². The Labute approximate surface area is 99.6 Å². The van der Waals surface area contributed by atoms with Gasteiger partial charge < -0.3 is 19.7 Å². The van der Waals surface area contributed by atoms with Crippen molar-refractivity contribution >= 4 is 0 Å². The number of rotatable bonds is 6. The molecular formula is C12H17FO4. The average Bonchev–Trinajstić information content (AvgIpc) is 2.36. The number of aliphatic hydroxyl groups excluding tert-OH is 2. The predicted molar refractivity (Wildman–Crippen MR) is 60.9 cm³/mol. The molecule has 1 aromatic rings. The van der Waals surface area contributed by atoms with E-state index in [1.54, 1.807) is 0 Å². The second kappa shape index (κ2) is 6.42. The van der Waals surface area contributed by atoms with E-state index >= 15 is 0 Å². The predicted octanol–water partition coefficient (Wildman–Crippen LogP) is 1.13. The molecule has 4 nitrogen and oxygen atoms in total. The van der Waals surface area contributed by atoms with Gasteiger partial charge in [0.1, 0.15) is 5.82 Å². The van der Waals surface area contributed by atoms with Crippen LogP contribution in [-0.4, -0.2) is 37.1 Å². The number of benzene rings is 1. The van der Waals surface area contributed by atoms with Crippen LogP contribution in [0.25, 0.3) is 0 Å². The lowest BCUT2D eigenvalue weighted by molar-refractivity contribution is 0.0884. The van der Waals surface area contributed by atoms with Gasteiger partial charge in [-0.05, 0) is 24.5 Å². The summed E-state index contributed by atoms with van der Waals surface area (Å²) in [5.41, 5.74) is 0.426. The molecule has 0 fully saturated rings. The summed E-state index contributed by atoms with van der Waals surface area (Å²) in [6.07, 6.45) is -0.209. The van der Waals surface area contributed by atoms with Gasteiger partial charge in [-0.2, -0.15) is 0 Å². The summed E-state index contributed by atoms with van der Waals surface area (Å²) in [5.74, 6) is 0.367. The highest BCUT2D eigenvalue weighted by Gasteiger charge is 2.12. The van der Waals surface area contributed by atoms with Crippen molar-refractivity contribution in [3.63, 3.8) is 0 Å². The first-order valence-corrected chi connectivity index (χ1v) is 5.31. The topological polar surface area (TPSA) is 58.9 Å². The molecule has 0 aliphatic carbocycles. The van der Waals surface area contributed by atoms with Crippen molar-refractivity contribution in [2.75, 3.05) is 20.8 Å². The van der Waals surface area contributed by atoms with Crippen LogP contribution in [0, 0.1) is 5.82 Å². The number of aryl methyl sites for hydroxylation is 1. The van der Waals surface area contributed by atoms with E-state index in [1.807, 2.05) is 0 Å². The summed E-state index contributed by atoms with van der Waals surface area (Å²) in [7, 11) is 2.91. The Morgan fingerprint density at radius 1 is 1.24 bits per heavy atom. The van der Waals surface area contributed by atoms with Crippen LogP contribution < -0.4 is 9.47 Å². The Morgan fingerprint density at radius 3 is 2.35 bits per heavy atom. The van der Waals surface area contributed by atoms with E-state index in [2.05, 4.69) is 0 Å². The van der Waals surface area contributed by atoms with Crippen molar-refractivity contribution in [3.05, 3.63) is 23.5 Å². The average molecular weight is 244 g/mol. The maximum atomic E-state index is 13.6. The molecule has 0 spiro atoms. The van der Waals surface area contributed by atoms with Gasteiger partial charge in [-0.15, -0.1) is 0 Å². The van der Waals surface area contributed by atoms with E-state index < -0.39 is 11.9 Å². The fraction of sp³-hybridized carbons (Fsp3) is 0.500. The van der Waals surface area contributed by atoms with Crippen LogP contribution in [0.1, 0.15) is 12.0 Å². The smallest absolute Gasteiger partial charge is 0.163 e. The first-order chi connectivity index (χ1) is 8.12. The van der Waals surface area contributed by atoms with E-state index in [0.717, 1.165) is 0 Å². The Morgan fingerprint density at radius 2 is 1.82 bits per heavy atom. The number of halogens is 1. The SMILES string of the molecule is COc1cc(F)c(CCC(O)CO)cc1OC. The number of methoxy groups -OCH3 is 2. The summed E-state index contributed by atoms with van der Waals surface area (Å²) in [6, 6.07) is 2.79. The van der Waals surface area contributed by atoms with E-state index in [9.17, 15) is 9.50 Å². The van der Waals surface area contributed by atoms with Gasteiger partial charge in [0.2, 0.25) is 0 Å². The van der Waals surface area contributed by atoms with E-state index in [4.69, 9.17) is 14.6 Å². The Hall–Kier alpha value is -1.33. The van der Waals surface area contributed by atoms with Gasteiger partial charge >= 0.3 is 0 Å². The quantitative estimate of drug-likeness (QED) is 0.787. The van der Waals surface area contributed by atoms with Gasteiger partial charge in [0, 0.05) is 6.07 Å². The minimum atomic E-state index is -0.831. The van der Waals surface area contributed by atoms with E-state index in [0.29, 0.717) is 29.9 Å². The van der Waals surface area contributed by atoms with Crippen LogP contribution in [0.15, 0.2) is 12.1 Å². The molecule has 0 aliphatic heterocycles. The third-order valence-corrected chi connectivity index (χ3v) is 2.51. The summed E-state index contributed by atoms with van der Waals surface area (Å²) in [4.78, 5) is 0. The standard InChI is InChI=1S/C12H17FO4/c1-16-11-5-8(3-4-9(15)7-14)10(13)6-12(11)17-2/h5-6,9,14-15H,3-4,7H2,1-2H3. The summed E-state index contributed by atoms with van der Waals surface area (Å²) in [5, 5.41) is 17.9. The molecule has 5 heteroatoms. The minimum absolute atomic E-state index is 0.295. The third-order valence-electron chi connectivity index (χ3n) is 2.51. The van der Waals surface area contributed by atoms with Crippen molar-refractivity contribution in [1.82, 2.24) is 0 Å². The van der Waals surface area contributed by atoms with Gasteiger partial charge in [0.15, 0.2) is 11.5 Å². The molecule has 1 rings (SSSR count). The van der Waals surface area contributed by atoms with E-state index in [1.165, 1.54) is 26.4 Å². The molecule has 0 saturated heterocycles. The maximum absolute atomic E-state index is 13.6. The molecule has 1 unspecified atom stereocenters. The van der Waals surface area contributed by atoms with Crippen LogP contribution in [0.3, 0.4) is 0 Å². The highest BCUT2D eigenvalue weighted by Crippen LogP contribution is 2.30. The van der Waals surface area contributed by atoms with Gasteiger partial charge in [-0.25, -0.2) is 4.39 Å². The number of ether oxygens (including phenoxy) is 2. The number of aliphatic hydroxyl groups is 2. The molecule has 0 heterocycles. The largest absolute Gasteiger partial charge is 0.493 e.